The van der Waals surface area contributed by atoms with Crippen LogP contribution in [-0.2, 0) is 5.60 Å². The van der Waals surface area contributed by atoms with Gasteiger partial charge in [-0.05, 0) is 24.8 Å². The Bertz CT molecular complexity index is 813. The van der Waals surface area contributed by atoms with Crippen molar-refractivity contribution in [3.63, 3.8) is 0 Å². The molecule has 1 amide bonds. The molecule has 1 aromatic carbocycles. The quantitative estimate of drug-likeness (QED) is 0.780. The third-order valence-electron chi connectivity index (χ3n) is 5.84. The number of hydrogen-bond acceptors (Lipinski definition) is 3. The van der Waals surface area contributed by atoms with E-state index in [1.807, 2.05) is 35.2 Å². The van der Waals surface area contributed by atoms with Crippen LogP contribution in [0.3, 0.4) is 0 Å². The van der Waals surface area contributed by atoms with Crippen molar-refractivity contribution < 1.29 is 9.90 Å². The molecule has 6 nitrogen and oxygen atoms in total. The Morgan fingerprint density at radius 3 is 2.68 bits per heavy atom. The van der Waals surface area contributed by atoms with Gasteiger partial charge in [0.15, 0.2) is 0 Å². The van der Waals surface area contributed by atoms with Gasteiger partial charge in [0.05, 0.1) is 5.60 Å². The molecular formula is C19H23N3O3. The monoisotopic (exact) mass is 341 g/mol. The molecule has 2 heterocycles. The Hall–Kier alpha value is -2.34. The summed E-state index contributed by atoms with van der Waals surface area (Å²) in [6.45, 7) is 0.485. The molecule has 0 bridgehead atoms. The lowest BCUT2D eigenvalue weighted by Gasteiger charge is -2.52. The van der Waals surface area contributed by atoms with E-state index in [1.165, 1.54) is 6.20 Å². The zero-order valence-corrected chi connectivity index (χ0v) is 14.1. The molecule has 1 aliphatic carbocycles. The largest absolute Gasteiger partial charge is 0.385 e. The molecule has 2 aliphatic rings. The molecule has 1 aliphatic heterocycles. The van der Waals surface area contributed by atoms with Crippen LogP contribution in [-0.4, -0.2) is 38.5 Å². The first-order chi connectivity index (χ1) is 12.1. The Morgan fingerprint density at radius 1 is 1.20 bits per heavy atom. The number of hydrogen-bond donors (Lipinski definition) is 3. The van der Waals surface area contributed by atoms with Crippen LogP contribution in [0, 0.1) is 5.92 Å². The Labute approximate surface area is 145 Å². The highest BCUT2D eigenvalue weighted by Gasteiger charge is 2.50. The third-order valence-corrected chi connectivity index (χ3v) is 5.84. The number of amides is 1. The van der Waals surface area contributed by atoms with Crippen molar-refractivity contribution >= 4 is 5.91 Å². The van der Waals surface area contributed by atoms with Crippen molar-refractivity contribution in [1.29, 1.82) is 0 Å². The fourth-order valence-electron chi connectivity index (χ4n) is 4.62. The molecule has 132 valence electrons. The smallest absolute Gasteiger partial charge is 0.323 e. The van der Waals surface area contributed by atoms with Crippen LogP contribution in [0.2, 0.25) is 0 Å². The zero-order chi connectivity index (χ0) is 17.4. The van der Waals surface area contributed by atoms with Gasteiger partial charge in [0, 0.05) is 24.7 Å². The minimum Gasteiger partial charge on any atom is -0.385 e. The van der Waals surface area contributed by atoms with Gasteiger partial charge in [0.1, 0.15) is 5.69 Å². The van der Waals surface area contributed by atoms with Crippen LogP contribution in [0.1, 0.15) is 48.2 Å². The highest BCUT2D eigenvalue weighted by Crippen LogP contribution is 2.47. The number of aromatic amines is 2. The van der Waals surface area contributed by atoms with Gasteiger partial charge in [-0.2, -0.15) is 0 Å². The van der Waals surface area contributed by atoms with E-state index in [1.54, 1.807) is 0 Å². The lowest BCUT2D eigenvalue weighted by Crippen LogP contribution is -2.59. The molecule has 1 unspecified atom stereocenters. The number of fused-ring (bicyclic) bond motifs is 1. The average Bonchev–Trinajstić information content (AvgIpc) is 3.09. The first-order valence-corrected chi connectivity index (χ1v) is 8.96. The maximum atomic E-state index is 12.9. The summed E-state index contributed by atoms with van der Waals surface area (Å²) < 4.78 is 0. The van der Waals surface area contributed by atoms with Crippen molar-refractivity contribution in [3.8, 4) is 0 Å². The molecule has 3 N–H and O–H groups in total. The van der Waals surface area contributed by atoms with Gasteiger partial charge in [0.2, 0.25) is 0 Å². The van der Waals surface area contributed by atoms with Crippen LogP contribution in [0.25, 0.3) is 0 Å². The number of rotatable bonds is 2. The van der Waals surface area contributed by atoms with Crippen LogP contribution in [0.15, 0.2) is 41.3 Å². The Kier molecular flexibility index (Phi) is 4.00. The summed E-state index contributed by atoms with van der Waals surface area (Å²) in [7, 11) is 0. The molecule has 1 aromatic heterocycles. The van der Waals surface area contributed by atoms with E-state index in [-0.39, 0.29) is 23.6 Å². The first kappa shape index (κ1) is 16.1. The lowest BCUT2D eigenvalue weighted by atomic mass is 9.66. The number of aliphatic hydroxyl groups is 1. The SMILES string of the molecule is O=C(c1c[nH]c(=O)[nH]1)N1CCC(O)(c2ccccc2)[C@H]2CCCC[C@H]21. The Balaban J connectivity index is 1.66. The highest BCUT2D eigenvalue weighted by atomic mass is 16.3. The highest BCUT2D eigenvalue weighted by molar-refractivity contribution is 5.92. The number of benzene rings is 1. The summed E-state index contributed by atoms with van der Waals surface area (Å²) in [6.07, 6.45) is 5.86. The first-order valence-electron chi connectivity index (χ1n) is 8.96. The summed E-state index contributed by atoms with van der Waals surface area (Å²) in [5.41, 5.74) is -0.0378. The molecule has 4 rings (SSSR count). The number of imidazole rings is 1. The minimum atomic E-state index is -0.894. The van der Waals surface area contributed by atoms with E-state index in [4.69, 9.17) is 0 Å². The minimum absolute atomic E-state index is 0.00129. The van der Waals surface area contributed by atoms with E-state index >= 15 is 0 Å². The summed E-state index contributed by atoms with van der Waals surface area (Å²) >= 11 is 0. The molecule has 2 aromatic rings. The summed E-state index contributed by atoms with van der Waals surface area (Å²) in [6, 6.07) is 9.81. The predicted molar refractivity (Wildman–Crippen MR) is 93.2 cm³/mol. The van der Waals surface area contributed by atoms with E-state index in [0.29, 0.717) is 18.7 Å². The van der Waals surface area contributed by atoms with Crippen molar-refractivity contribution in [2.45, 2.75) is 43.7 Å². The number of carbonyl (C=O) groups is 1. The van der Waals surface area contributed by atoms with Crippen LogP contribution < -0.4 is 5.69 Å². The van der Waals surface area contributed by atoms with Crippen LogP contribution in [0.5, 0.6) is 0 Å². The van der Waals surface area contributed by atoms with E-state index in [9.17, 15) is 14.7 Å². The van der Waals surface area contributed by atoms with Gasteiger partial charge in [-0.25, -0.2) is 4.79 Å². The van der Waals surface area contributed by atoms with Gasteiger partial charge in [-0.15, -0.1) is 0 Å². The van der Waals surface area contributed by atoms with E-state index < -0.39 is 5.60 Å². The van der Waals surface area contributed by atoms with Crippen molar-refractivity contribution in [1.82, 2.24) is 14.9 Å². The van der Waals surface area contributed by atoms with E-state index in [2.05, 4.69) is 9.97 Å². The molecule has 0 radical (unpaired) electrons. The molecular weight excluding hydrogens is 318 g/mol. The fraction of sp³-hybridized carbons (Fsp3) is 0.474. The number of H-pyrrole nitrogens is 2. The number of likely N-dealkylation sites (tertiary alicyclic amines) is 1. The number of piperidine rings is 1. The second kappa shape index (κ2) is 6.19. The van der Waals surface area contributed by atoms with Gasteiger partial charge in [0.25, 0.3) is 5.91 Å². The van der Waals surface area contributed by atoms with Gasteiger partial charge < -0.3 is 20.0 Å². The lowest BCUT2D eigenvalue weighted by molar-refractivity contribution is -0.110. The van der Waals surface area contributed by atoms with E-state index in [0.717, 1.165) is 31.2 Å². The summed E-state index contributed by atoms with van der Waals surface area (Å²) in [5, 5.41) is 11.5. The zero-order valence-electron chi connectivity index (χ0n) is 14.1. The van der Waals surface area contributed by atoms with Crippen molar-refractivity contribution in [3.05, 3.63) is 58.3 Å². The molecule has 3 atom stereocenters. The van der Waals surface area contributed by atoms with Crippen LogP contribution in [0.4, 0.5) is 0 Å². The molecule has 1 saturated carbocycles. The topological polar surface area (TPSA) is 89.2 Å². The Morgan fingerprint density at radius 2 is 1.96 bits per heavy atom. The second-order valence-corrected chi connectivity index (χ2v) is 7.15. The maximum absolute atomic E-state index is 12.9. The van der Waals surface area contributed by atoms with Crippen molar-refractivity contribution in [2.24, 2.45) is 5.92 Å². The maximum Gasteiger partial charge on any atom is 0.323 e. The molecule has 1 saturated heterocycles. The standard InChI is InChI=1S/C19H23N3O3/c23-17(15-12-20-18(24)21-15)22-11-10-19(25,13-6-2-1-3-7-13)14-8-4-5-9-16(14)22/h1-3,6-7,12,14,16,25H,4-5,8-11H2,(H2,20,21,24)/t14-,16+,19?/m0/s1. The predicted octanol–water partition coefficient (Wildman–Crippen LogP) is 2.00. The van der Waals surface area contributed by atoms with Gasteiger partial charge in [-0.1, -0.05) is 43.2 Å². The average molecular weight is 341 g/mol. The molecule has 0 spiro atoms. The summed E-state index contributed by atoms with van der Waals surface area (Å²) in [4.78, 5) is 31.1. The van der Waals surface area contributed by atoms with Crippen molar-refractivity contribution in [2.75, 3.05) is 6.54 Å². The molecule has 25 heavy (non-hydrogen) atoms. The molecule has 6 heteroatoms. The fourth-order valence-corrected chi connectivity index (χ4v) is 4.62. The van der Waals surface area contributed by atoms with Gasteiger partial charge >= 0.3 is 5.69 Å². The number of carbonyl (C=O) groups excluding carboxylic acids is 1. The molecule has 2 fully saturated rings. The normalized spacial score (nSPS) is 29.2. The number of nitrogens with zero attached hydrogens (tertiary/aromatic N) is 1. The summed E-state index contributed by atoms with van der Waals surface area (Å²) in [5.74, 6) is -0.141. The second-order valence-electron chi connectivity index (χ2n) is 7.15. The third kappa shape index (κ3) is 2.70. The van der Waals surface area contributed by atoms with Gasteiger partial charge in [-0.3, -0.25) is 4.79 Å². The van der Waals surface area contributed by atoms with Crippen LogP contribution >= 0.6 is 0 Å². The number of aromatic nitrogens is 2. The number of nitrogens with one attached hydrogen (secondary N) is 2.